The van der Waals surface area contributed by atoms with Gasteiger partial charge in [-0.15, -0.1) is 0 Å². The van der Waals surface area contributed by atoms with Crippen molar-refractivity contribution in [2.45, 2.75) is 65.8 Å². The molecule has 0 spiro atoms. The maximum absolute atomic E-state index is 3.61. The molecule has 1 rings (SSSR count). The van der Waals surface area contributed by atoms with Crippen LogP contribution in [0.25, 0.3) is 0 Å². The zero-order valence-electron chi connectivity index (χ0n) is 13.4. The van der Waals surface area contributed by atoms with Gasteiger partial charge in [0.05, 0.1) is 0 Å². The molecule has 0 radical (unpaired) electrons. The van der Waals surface area contributed by atoms with Crippen molar-refractivity contribution < 1.29 is 0 Å². The highest BCUT2D eigenvalue weighted by atomic mass is 14.9. The predicted molar refractivity (Wildman–Crippen MR) is 85.8 cm³/mol. The minimum atomic E-state index is 0.629. The van der Waals surface area contributed by atoms with Crippen molar-refractivity contribution in [2.24, 2.45) is 5.92 Å². The molecule has 1 N–H and O–H groups in total. The lowest BCUT2D eigenvalue weighted by molar-refractivity contribution is 0.405. The summed E-state index contributed by atoms with van der Waals surface area (Å²) in [6.07, 6.45) is 3.70. The molecule has 1 nitrogen and oxygen atoms in total. The summed E-state index contributed by atoms with van der Waals surface area (Å²) in [6, 6.07) is 9.83. The third-order valence-corrected chi connectivity index (χ3v) is 3.68. The summed E-state index contributed by atoms with van der Waals surface area (Å²) in [5, 5.41) is 3.61. The zero-order chi connectivity index (χ0) is 14.3. The second kappa shape index (κ2) is 8.37. The highest BCUT2D eigenvalue weighted by Crippen LogP contribution is 2.17. The molecule has 0 aliphatic heterocycles. The lowest BCUT2D eigenvalue weighted by atomic mass is 9.96. The van der Waals surface area contributed by atoms with E-state index in [-0.39, 0.29) is 0 Å². The lowest BCUT2D eigenvalue weighted by Gasteiger charge is -2.20. The van der Waals surface area contributed by atoms with Crippen molar-refractivity contribution >= 4 is 0 Å². The second-order valence-corrected chi connectivity index (χ2v) is 6.32. The Bertz CT molecular complexity index is 337. The summed E-state index contributed by atoms with van der Waals surface area (Å²) in [7, 11) is 0. The van der Waals surface area contributed by atoms with Crippen LogP contribution in [0.1, 0.15) is 64.5 Å². The smallest absolute Gasteiger partial charge is 0.00725 e. The average Bonchev–Trinajstić information content (AvgIpc) is 2.36. The first kappa shape index (κ1) is 16.2. The second-order valence-electron chi connectivity index (χ2n) is 6.32. The van der Waals surface area contributed by atoms with Crippen LogP contribution in [-0.2, 0) is 6.42 Å². The van der Waals surface area contributed by atoms with Crippen molar-refractivity contribution in [1.29, 1.82) is 0 Å². The van der Waals surface area contributed by atoms with Gasteiger partial charge >= 0.3 is 0 Å². The molecule has 0 saturated carbocycles. The minimum absolute atomic E-state index is 0.629. The topological polar surface area (TPSA) is 12.0 Å². The van der Waals surface area contributed by atoms with Crippen LogP contribution in [0.5, 0.6) is 0 Å². The van der Waals surface area contributed by atoms with E-state index in [0.717, 1.165) is 12.5 Å². The fraction of sp³-hybridized carbons (Fsp3) is 0.667. The first-order valence-electron chi connectivity index (χ1n) is 7.85. The van der Waals surface area contributed by atoms with Crippen molar-refractivity contribution in [2.75, 3.05) is 6.54 Å². The van der Waals surface area contributed by atoms with Crippen LogP contribution >= 0.6 is 0 Å². The number of benzene rings is 1. The predicted octanol–water partition coefficient (Wildman–Crippen LogP) is 4.77. The van der Waals surface area contributed by atoms with Gasteiger partial charge in [0.1, 0.15) is 0 Å². The summed E-state index contributed by atoms with van der Waals surface area (Å²) in [6.45, 7) is 12.4. The largest absolute Gasteiger partial charge is 0.314 e. The fourth-order valence-corrected chi connectivity index (χ4v) is 2.57. The van der Waals surface area contributed by atoms with Crippen molar-refractivity contribution in [3.8, 4) is 0 Å². The van der Waals surface area contributed by atoms with E-state index in [9.17, 15) is 0 Å². The third-order valence-electron chi connectivity index (χ3n) is 3.68. The molecule has 1 aromatic carbocycles. The molecule has 0 amide bonds. The maximum atomic E-state index is 3.61. The normalized spacial score (nSPS) is 13.2. The Morgan fingerprint density at radius 2 is 1.63 bits per heavy atom. The van der Waals surface area contributed by atoms with Gasteiger partial charge in [0.25, 0.3) is 0 Å². The highest BCUT2D eigenvalue weighted by molar-refractivity contribution is 5.24. The molecule has 108 valence electrons. The van der Waals surface area contributed by atoms with E-state index in [0.29, 0.717) is 12.0 Å². The molecule has 0 heterocycles. The number of nitrogens with one attached hydrogen (secondary N) is 1. The van der Waals surface area contributed by atoms with Crippen molar-refractivity contribution in [3.05, 3.63) is 35.4 Å². The number of hydrogen-bond acceptors (Lipinski definition) is 1. The van der Waals surface area contributed by atoms with Gasteiger partial charge in [-0.25, -0.2) is 0 Å². The summed E-state index contributed by atoms with van der Waals surface area (Å²) in [4.78, 5) is 0. The van der Waals surface area contributed by atoms with E-state index >= 15 is 0 Å². The molecule has 0 aliphatic carbocycles. The van der Waals surface area contributed by atoms with Gasteiger partial charge in [-0.3, -0.25) is 0 Å². The number of rotatable bonds is 8. The molecule has 1 unspecified atom stereocenters. The van der Waals surface area contributed by atoms with Crippen molar-refractivity contribution in [1.82, 2.24) is 5.32 Å². The molecule has 0 bridgehead atoms. The Hall–Kier alpha value is -0.820. The van der Waals surface area contributed by atoms with Gasteiger partial charge in [-0.05, 0) is 48.8 Å². The standard InChI is InChI=1S/C18H31N/c1-6-19-18(13-14(2)3)12-9-16-7-10-17(11-8-16)15(4)5/h7-8,10-11,14-15,18-19H,6,9,12-13H2,1-5H3. The van der Waals surface area contributed by atoms with Gasteiger partial charge in [0.2, 0.25) is 0 Å². The summed E-state index contributed by atoms with van der Waals surface area (Å²) < 4.78 is 0. The first-order valence-corrected chi connectivity index (χ1v) is 7.85. The highest BCUT2D eigenvalue weighted by Gasteiger charge is 2.09. The van der Waals surface area contributed by atoms with Crippen LogP contribution in [0, 0.1) is 5.92 Å². The summed E-state index contributed by atoms with van der Waals surface area (Å²) in [5.74, 6) is 1.40. The number of aryl methyl sites for hydroxylation is 1. The van der Waals surface area contributed by atoms with E-state index in [1.165, 1.54) is 30.4 Å². The van der Waals surface area contributed by atoms with Gasteiger partial charge in [-0.2, -0.15) is 0 Å². The summed E-state index contributed by atoms with van der Waals surface area (Å²) in [5.41, 5.74) is 2.91. The third kappa shape index (κ3) is 6.24. The summed E-state index contributed by atoms with van der Waals surface area (Å²) >= 11 is 0. The number of hydrogen-bond donors (Lipinski definition) is 1. The SMILES string of the molecule is CCNC(CCc1ccc(C(C)C)cc1)CC(C)C. The quantitative estimate of drug-likeness (QED) is 0.711. The van der Waals surface area contributed by atoms with E-state index in [1.807, 2.05) is 0 Å². The Kier molecular flexibility index (Phi) is 7.15. The van der Waals surface area contributed by atoms with Gasteiger partial charge in [0, 0.05) is 6.04 Å². The molecule has 19 heavy (non-hydrogen) atoms. The van der Waals surface area contributed by atoms with Gasteiger partial charge < -0.3 is 5.32 Å². The lowest BCUT2D eigenvalue weighted by Crippen LogP contribution is -2.30. The van der Waals surface area contributed by atoms with Crippen LogP contribution in [0.3, 0.4) is 0 Å². The van der Waals surface area contributed by atoms with Crippen molar-refractivity contribution in [3.63, 3.8) is 0 Å². The average molecular weight is 261 g/mol. The monoisotopic (exact) mass is 261 g/mol. The van der Waals surface area contributed by atoms with E-state index in [2.05, 4.69) is 64.2 Å². The Morgan fingerprint density at radius 1 is 1.00 bits per heavy atom. The van der Waals surface area contributed by atoms with Crippen LogP contribution in [0.15, 0.2) is 24.3 Å². The van der Waals surface area contributed by atoms with Crippen LogP contribution in [0.4, 0.5) is 0 Å². The Labute approximate surface area is 119 Å². The minimum Gasteiger partial charge on any atom is -0.314 e. The molecule has 0 aliphatic rings. The zero-order valence-corrected chi connectivity index (χ0v) is 13.4. The van der Waals surface area contributed by atoms with Crippen LogP contribution in [0.2, 0.25) is 0 Å². The van der Waals surface area contributed by atoms with Crippen LogP contribution in [-0.4, -0.2) is 12.6 Å². The Balaban J connectivity index is 2.49. The Morgan fingerprint density at radius 3 is 2.11 bits per heavy atom. The molecule has 0 aromatic heterocycles. The molecule has 1 aromatic rings. The molecule has 1 heteroatoms. The maximum Gasteiger partial charge on any atom is 0.00725 e. The molecular formula is C18H31N. The van der Waals surface area contributed by atoms with E-state index < -0.39 is 0 Å². The molecule has 1 atom stereocenters. The first-order chi connectivity index (χ1) is 9.02. The fourth-order valence-electron chi connectivity index (χ4n) is 2.57. The van der Waals surface area contributed by atoms with E-state index in [1.54, 1.807) is 0 Å². The van der Waals surface area contributed by atoms with E-state index in [4.69, 9.17) is 0 Å². The molecule has 0 fully saturated rings. The molecular weight excluding hydrogens is 230 g/mol. The van der Waals surface area contributed by atoms with Gasteiger partial charge in [-0.1, -0.05) is 58.9 Å². The van der Waals surface area contributed by atoms with Crippen LogP contribution < -0.4 is 5.32 Å². The van der Waals surface area contributed by atoms with Gasteiger partial charge in [0.15, 0.2) is 0 Å². The molecule has 0 saturated heterocycles.